The van der Waals surface area contributed by atoms with Gasteiger partial charge in [-0.15, -0.1) is 0 Å². The minimum atomic E-state index is -0.976. The summed E-state index contributed by atoms with van der Waals surface area (Å²) >= 11 is 0. The standard InChI is InChI=1S/C16H22N2O3/c1-15(2,3)18(14(19)20)16(4,5)11-21-13-8-6-12(10-17)7-9-13/h6-9H,11H2,1-5H3,(H,19,20). The van der Waals surface area contributed by atoms with E-state index in [0.717, 1.165) is 0 Å². The van der Waals surface area contributed by atoms with Crippen LogP contribution < -0.4 is 4.74 Å². The molecule has 0 unspecified atom stereocenters. The lowest BCUT2D eigenvalue weighted by Gasteiger charge is -2.44. The highest BCUT2D eigenvalue weighted by Gasteiger charge is 2.39. The first-order chi connectivity index (χ1) is 9.58. The number of nitrogens with zero attached hydrogens (tertiary/aromatic N) is 2. The smallest absolute Gasteiger partial charge is 0.408 e. The number of rotatable bonds is 4. The Morgan fingerprint density at radius 2 is 1.76 bits per heavy atom. The molecule has 0 spiro atoms. The van der Waals surface area contributed by atoms with E-state index in [-0.39, 0.29) is 6.61 Å². The predicted molar refractivity (Wildman–Crippen MR) is 80.3 cm³/mol. The van der Waals surface area contributed by atoms with Crippen molar-refractivity contribution in [2.45, 2.75) is 45.7 Å². The molecular formula is C16H22N2O3. The molecule has 0 aromatic heterocycles. The van der Waals surface area contributed by atoms with Crippen molar-refractivity contribution in [3.05, 3.63) is 29.8 Å². The van der Waals surface area contributed by atoms with Crippen LogP contribution in [0.4, 0.5) is 4.79 Å². The number of hydrogen-bond donors (Lipinski definition) is 1. The van der Waals surface area contributed by atoms with Gasteiger partial charge in [0.15, 0.2) is 0 Å². The first kappa shape index (κ1) is 16.8. The van der Waals surface area contributed by atoms with E-state index in [1.165, 1.54) is 4.90 Å². The summed E-state index contributed by atoms with van der Waals surface area (Å²) < 4.78 is 5.68. The van der Waals surface area contributed by atoms with Crippen LogP contribution in [0.1, 0.15) is 40.2 Å². The van der Waals surface area contributed by atoms with Crippen molar-refractivity contribution in [2.24, 2.45) is 0 Å². The van der Waals surface area contributed by atoms with Gasteiger partial charge in [0.25, 0.3) is 0 Å². The summed E-state index contributed by atoms with van der Waals surface area (Å²) in [4.78, 5) is 12.9. The minimum absolute atomic E-state index is 0.225. The maximum Gasteiger partial charge on any atom is 0.408 e. The number of hydrogen-bond acceptors (Lipinski definition) is 3. The molecule has 1 rings (SSSR count). The summed E-state index contributed by atoms with van der Waals surface area (Å²) in [6, 6.07) is 8.78. The average molecular weight is 290 g/mol. The van der Waals surface area contributed by atoms with Gasteiger partial charge in [0.2, 0.25) is 0 Å². The molecule has 0 aliphatic rings. The van der Waals surface area contributed by atoms with Crippen LogP contribution in [0.15, 0.2) is 24.3 Å². The van der Waals surface area contributed by atoms with E-state index in [0.29, 0.717) is 11.3 Å². The molecule has 114 valence electrons. The van der Waals surface area contributed by atoms with Crippen LogP contribution in [0.2, 0.25) is 0 Å². The molecule has 1 N–H and O–H groups in total. The van der Waals surface area contributed by atoms with Crippen molar-refractivity contribution in [1.82, 2.24) is 4.90 Å². The van der Waals surface area contributed by atoms with Gasteiger partial charge < -0.3 is 9.84 Å². The van der Waals surface area contributed by atoms with Crippen molar-refractivity contribution in [2.75, 3.05) is 6.61 Å². The average Bonchev–Trinajstić information content (AvgIpc) is 2.34. The molecule has 0 radical (unpaired) electrons. The molecule has 0 aliphatic carbocycles. The van der Waals surface area contributed by atoms with Gasteiger partial charge in [0.05, 0.1) is 17.2 Å². The van der Waals surface area contributed by atoms with Gasteiger partial charge in [-0.2, -0.15) is 5.26 Å². The Labute approximate surface area is 125 Å². The van der Waals surface area contributed by atoms with Crippen molar-refractivity contribution in [3.8, 4) is 11.8 Å². The van der Waals surface area contributed by atoms with Crippen LogP contribution in [0, 0.1) is 11.3 Å². The summed E-state index contributed by atoms with van der Waals surface area (Å²) in [5, 5.41) is 18.2. The van der Waals surface area contributed by atoms with Crippen LogP contribution in [-0.2, 0) is 0 Å². The molecule has 0 fully saturated rings. The predicted octanol–water partition coefficient (Wildman–Crippen LogP) is 3.49. The second-order valence-electron chi connectivity index (χ2n) is 6.53. The number of carboxylic acid groups (broad SMARTS) is 1. The fraction of sp³-hybridized carbons (Fsp3) is 0.500. The first-order valence-corrected chi connectivity index (χ1v) is 6.74. The molecule has 1 aromatic carbocycles. The van der Waals surface area contributed by atoms with Crippen molar-refractivity contribution < 1.29 is 14.6 Å². The third-order valence-electron chi connectivity index (χ3n) is 3.04. The lowest BCUT2D eigenvalue weighted by molar-refractivity contribution is 0.00942. The van der Waals surface area contributed by atoms with Crippen molar-refractivity contribution in [3.63, 3.8) is 0 Å². The molecule has 0 saturated heterocycles. The van der Waals surface area contributed by atoms with E-state index < -0.39 is 17.2 Å². The van der Waals surface area contributed by atoms with Crippen LogP contribution in [0.5, 0.6) is 5.75 Å². The van der Waals surface area contributed by atoms with E-state index in [4.69, 9.17) is 10.00 Å². The molecule has 0 atom stereocenters. The van der Waals surface area contributed by atoms with Gasteiger partial charge in [-0.25, -0.2) is 4.79 Å². The molecule has 1 aromatic rings. The van der Waals surface area contributed by atoms with Gasteiger partial charge in [-0.05, 0) is 58.9 Å². The lowest BCUT2D eigenvalue weighted by atomic mass is 9.96. The maximum atomic E-state index is 11.5. The third-order valence-corrected chi connectivity index (χ3v) is 3.04. The summed E-state index contributed by atoms with van der Waals surface area (Å²) in [5.74, 6) is 0.612. The second-order valence-corrected chi connectivity index (χ2v) is 6.53. The molecule has 0 bridgehead atoms. The van der Waals surface area contributed by atoms with Crippen LogP contribution in [-0.4, -0.2) is 33.8 Å². The van der Waals surface area contributed by atoms with Crippen LogP contribution >= 0.6 is 0 Å². The molecular weight excluding hydrogens is 268 g/mol. The van der Waals surface area contributed by atoms with Gasteiger partial charge >= 0.3 is 6.09 Å². The number of nitriles is 1. The minimum Gasteiger partial charge on any atom is -0.491 e. The normalized spacial score (nSPS) is 11.6. The van der Waals surface area contributed by atoms with Gasteiger partial charge in [0, 0.05) is 5.54 Å². The number of carbonyl (C=O) groups is 1. The SMILES string of the molecule is CC(C)(C)N(C(=O)O)C(C)(C)COc1ccc(C#N)cc1. The monoisotopic (exact) mass is 290 g/mol. The molecule has 21 heavy (non-hydrogen) atoms. The molecule has 5 nitrogen and oxygen atoms in total. The topological polar surface area (TPSA) is 73.6 Å². The third kappa shape index (κ3) is 4.38. The Balaban J connectivity index is 2.83. The zero-order valence-corrected chi connectivity index (χ0v) is 13.2. The molecule has 0 heterocycles. The Bertz CT molecular complexity index is 536. The summed E-state index contributed by atoms with van der Waals surface area (Å²) in [5.41, 5.74) is -0.648. The highest BCUT2D eigenvalue weighted by atomic mass is 16.5. The van der Waals surface area contributed by atoms with Gasteiger partial charge in [0.1, 0.15) is 12.4 Å². The number of amides is 1. The van der Waals surface area contributed by atoms with Gasteiger partial charge in [-0.3, -0.25) is 4.90 Å². The number of benzene rings is 1. The molecule has 0 saturated carbocycles. The maximum absolute atomic E-state index is 11.5. The fourth-order valence-corrected chi connectivity index (χ4v) is 2.40. The van der Waals surface area contributed by atoms with E-state index in [1.54, 1.807) is 24.3 Å². The Morgan fingerprint density at radius 3 is 2.14 bits per heavy atom. The van der Waals surface area contributed by atoms with E-state index >= 15 is 0 Å². The second kappa shape index (κ2) is 6.04. The Hall–Kier alpha value is -2.22. The molecule has 0 aliphatic heterocycles. The Kier molecular flexibility index (Phi) is 4.84. The van der Waals surface area contributed by atoms with Gasteiger partial charge in [-0.1, -0.05) is 0 Å². The first-order valence-electron chi connectivity index (χ1n) is 6.74. The highest BCUT2D eigenvalue weighted by Crippen LogP contribution is 2.26. The summed E-state index contributed by atoms with van der Waals surface area (Å²) in [6.07, 6.45) is -0.976. The number of ether oxygens (including phenoxy) is 1. The van der Waals surface area contributed by atoms with E-state index in [2.05, 4.69) is 0 Å². The van der Waals surface area contributed by atoms with Crippen molar-refractivity contribution in [1.29, 1.82) is 5.26 Å². The largest absolute Gasteiger partial charge is 0.491 e. The summed E-state index contributed by atoms with van der Waals surface area (Å²) in [7, 11) is 0. The molecule has 5 heteroatoms. The Morgan fingerprint density at radius 1 is 1.24 bits per heavy atom. The zero-order valence-electron chi connectivity index (χ0n) is 13.2. The quantitative estimate of drug-likeness (QED) is 0.921. The highest BCUT2D eigenvalue weighted by molar-refractivity contribution is 5.67. The van der Waals surface area contributed by atoms with E-state index in [9.17, 15) is 9.90 Å². The van der Waals surface area contributed by atoms with Crippen molar-refractivity contribution >= 4 is 6.09 Å². The zero-order chi connectivity index (χ0) is 16.3. The van der Waals surface area contributed by atoms with E-state index in [1.807, 2.05) is 40.7 Å². The fourth-order valence-electron chi connectivity index (χ4n) is 2.40. The van der Waals surface area contributed by atoms with Crippen LogP contribution in [0.25, 0.3) is 0 Å². The molecule has 1 amide bonds. The lowest BCUT2D eigenvalue weighted by Crippen LogP contribution is -2.59. The van der Waals surface area contributed by atoms with Crippen LogP contribution in [0.3, 0.4) is 0 Å². The summed E-state index contributed by atoms with van der Waals surface area (Å²) in [6.45, 7) is 9.44.